The second-order valence-electron chi connectivity index (χ2n) is 5.87. The van der Waals surface area contributed by atoms with Gasteiger partial charge in [-0.25, -0.2) is 0 Å². The van der Waals surface area contributed by atoms with E-state index >= 15 is 0 Å². The molecule has 28 heavy (non-hydrogen) atoms. The van der Waals surface area contributed by atoms with E-state index in [1.165, 1.54) is 0 Å². The van der Waals surface area contributed by atoms with Gasteiger partial charge in [0.1, 0.15) is 11.4 Å². The third-order valence-corrected chi connectivity index (χ3v) is 3.68. The van der Waals surface area contributed by atoms with Gasteiger partial charge < -0.3 is 15.4 Å². The van der Waals surface area contributed by atoms with Crippen molar-refractivity contribution in [3.8, 4) is 5.75 Å². The summed E-state index contributed by atoms with van der Waals surface area (Å²) in [6.07, 6.45) is -4.67. The molecule has 0 saturated carbocycles. The molecule has 10 heteroatoms. The number of halogens is 3. The molecular formula is C18H18F3N3O4. The number of benzene rings is 2. The van der Waals surface area contributed by atoms with E-state index in [9.17, 15) is 28.1 Å². The monoisotopic (exact) mass is 397 g/mol. The first-order valence-corrected chi connectivity index (χ1v) is 8.22. The molecule has 150 valence electrons. The Morgan fingerprint density at radius 2 is 1.82 bits per heavy atom. The predicted octanol–water partition coefficient (Wildman–Crippen LogP) is 3.53. The quantitative estimate of drug-likeness (QED) is 0.404. The number of anilines is 1. The lowest BCUT2D eigenvalue weighted by Gasteiger charge is -2.11. The van der Waals surface area contributed by atoms with Gasteiger partial charge in [0.05, 0.1) is 10.5 Å². The fraction of sp³-hybridized carbons (Fsp3) is 0.278. The Bertz CT molecular complexity index is 839. The molecule has 0 heterocycles. The summed E-state index contributed by atoms with van der Waals surface area (Å²) in [6, 6.07) is 9.35. The van der Waals surface area contributed by atoms with Crippen LogP contribution in [-0.4, -0.2) is 30.5 Å². The van der Waals surface area contributed by atoms with Crippen LogP contribution in [-0.2, 0) is 11.0 Å². The minimum Gasteiger partial charge on any atom is -0.484 e. The van der Waals surface area contributed by atoms with Gasteiger partial charge in [-0.3, -0.25) is 14.9 Å². The SMILES string of the molecule is Cc1ccc(OCC(=O)NCCNc2ccc(C(F)(F)F)cc2[N+](=O)[O-])cc1. The second-order valence-corrected chi connectivity index (χ2v) is 5.87. The Morgan fingerprint density at radius 3 is 2.43 bits per heavy atom. The largest absolute Gasteiger partial charge is 0.484 e. The zero-order chi connectivity index (χ0) is 20.7. The predicted molar refractivity (Wildman–Crippen MR) is 96.3 cm³/mol. The Balaban J connectivity index is 1.81. The van der Waals surface area contributed by atoms with E-state index in [4.69, 9.17) is 4.74 Å². The molecule has 0 atom stereocenters. The van der Waals surface area contributed by atoms with Crippen molar-refractivity contribution in [2.45, 2.75) is 13.1 Å². The zero-order valence-corrected chi connectivity index (χ0v) is 14.9. The number of ether oxygens (including phenoxy) is 1. The van der Waals surface area contributed by atoms with Crippen molar-refractivity contribution in [1.82, 2.24) is 5.32 Å². The lowest BCUT2D eigenvalue weighted by molar-refractivity contribution is -0.384. The number of nitrogens with zero attached hydrogens (tertiary/aromatic N) is 1. The Kier molecular flexibility index (Phi) is 6.80. The maximum Gasteiger partial charge on any atom is 0.416 e. The van der Waals surface area contributed by atoms with E-state index in [1.807, 2.05) is 19.1 Å². The molecule has 0 aliphatic heterocycles. The summed E-state index contributed by atoms with van der Waals surface area (Å²) in [4.78, 5) is 21.8. The van der Waals surface area contributed by atoms with Crippen molar-refractivity contribution >= 4 is 17.3 Å². The molecule has 0 aromatic heterocycles. The standard InChI is InChI=1S/C18H18F3N3O4/c1-12-2-5-14(6-3-12)28-11-17(25)23-9-8-22-15-7-4-13(18(19,20)21)10-16(15)24(26)27/h2-7,10,22H,8-9,11H2,1H3,(H,23,25). The fourth-order valence-corrected chi connectivity index (χ4v) is 2.24. The number of carbonyl (C=O) groups is 1. The summed E-state index contributed by atoms with van der Waals surface area (Å²) in [5.41, 5.74) is -0.807. The summed E-state index contributed by atoms with van der Waals surface area (Å²) >= 11 is 0. The number of nitro benzene ring substituents is 1. The van der Waals surface area contributed by atoms with Gasteiger partial charge in [0.2, 0.25) is 0 Å². The molecule has 7 nitrogen and oxygen atoms in total. The van der Waals surface area contributed by atoms with Crippen LogP contribution >= 0.6 is 0 Å². The van der Waals surface area contributed by atoms with Crippen LogP contribution in [0.5, 0.6) is 5.75 Å². The maximum absolute atomic E-state index is 12.7. The average molecular weight is 397 g/mol. The molecule has 0 fully saturated rings. The van der Waals surface area contributed by atoms with Gasteiger partial charge in [-0.2, -0.15) is 13.2 Å². The highest BCUT2D eigenvalue weighted by Crippen LogP contribution is 2.34. The number of alkyl halides is 3. The van der Waals surface area contributed by atoms with Gasteiger partial charge in [0.15, 0.2) is 6.61 Å². The molecule has 0 aliphatic carbocycles. The van der Waals surface area contributed by atoms with Gasteiger partial charge >= 0.3 is 6.18 Å². The fourth-order valence-electron chi connectivity index (χ4n) is 2.24. The zero-order valence-electron chi connectivity index (χ0n) is 14.9. The van der Waals surface area contributed by atoms with Gasteiger partial charge in [-0.05, 0) is 31.2 Å². The number of nitro groups is 1. The number of rotatable bonds is 8. The van der Waals surface area contributed by atoms with Crippen LogP contribution in [0.1, 0.15) is 11.1 Å². The van der Waals surface area contributed by atoms with Crippen LogP contribution in [0.25, 0.3) is 0 Å². The third-order valence-electron chi connectivity index (χ3n) is 3.68. The molecule has 0 bridgehead atoms. The molecule has 2 N–H and O–H groups in total. The number of carbonyl (C=O) groups excluding carboxylic acids is 1. The summed E-state index contributed by atoms with van der Waals surface area (Å²) in [6.45, 7) is 1.91. The first-order valence-electron chi connectivity index (χ1n) is 8.22. The molecule has 1 amide bonds. The molecule has 2 aromatic carbocycles. The van der Waals surface area contributed by atoms with Crippen molar-refractivity contribution in [1.29, 1.82) is 0 Å². The van der Waals surface area contributed by atoms with Gasteiger partial charge in [-0.15, -0.1) is 0 Å². The van der Waals surface area contributed by atoms with Gasteiger partial charge in [0.25, 0.3) is 11.6 Å². The summed E-state index contributed by atoms with van der Waals surface area (Å²) in [7, 11) is 0. The molecule has 0 saturated heterocycles. The summed E-state index contributed by atoms with van der Waals surface area (Å²) in [5.74, 6) is 0.142. The topological polar surface area (TPSA) is 93.5 Å². The smallest absolute Gasteiger partial charge is 0.416 e. The molecule has 0 unspecified atom stereocenters. The molecular weight excluding hydrogens is 379 g/mol. The highest BCUT2D eigenvalue weighted by Gasteiger charge is 2.32. The van der Waals surface area contributed by atoms with E-state index in [1.54, 1.807) is 12.1 Å². The van der Waals surface area contributed by atoms with Gasteiger partial charge in [0, 0.05) is 19.2 Å². The van der Waals surface area contributed by atoms with Crippen LogP contribution < -0.4 is 15.4 Å². The van der Waals surface area contributed by atoms with E-state index in [0.29, 0.717) is 11.8 Å². The van der Waals surface area contributed by atoms with Crippen LogP contribution in [0, 0.1) is 17.0 Å². The lowest BCUT2D eigenvalue weighted by atomic mass is 10.1. The van der Waals surface area contributed by atoms with Crippen molar-refractivity contribution < 1.29 is 27.6 Å². The van der Waals surface area contributed by atoms with Crippen molar-refractivity contribution in [3.63, 3.8) is 0 Å². The van der Waals surface area contributed by atoms with Crippen molar-refractivity contribution in [2.24, 2.45) is 0 Å². The van der Waals surface area contributed by atoms with E-state index in [0.717, 1.165) is 17.7 Å². The molecule has 2 rings (SSSR count). The molecule has 0 spiro atoms. The Hall–Kier alpha value is -3.30. The van der Waals surface area contributed by atoms with E-state index in [2.05, 4.69) is 10.6 Å². The normalized spacial score (nSPS) is 11.0. The van der Waals surface area contributed by atoms with Crippen LogP contribution in [0.4, 0.5) is 24.5 Å². The van der Waals surface area contributed by atoms with Crippen LogP contribution in [0.2, 0.25) is 0 Å². The molecule has 0 radical (unpaired) electrons. The maximum atomic E-state index is 12.7. The molecule has 0 aliphatic rings. The van der Waals surface area contributed by atoms with Crippen molar-refractivity contribution in [2.75, 3.05) is 25.0 Å². The second kappa shape index (κ2) is 9.07. The summed E-state index contributed by atoms with van der Waals surface area (Å²) < 4.78 is 43.3. The Morgan fingerprint density at radius 1 is 1.14 bits per heavy atom. The molecule has 2 aromatic rings. The first kappa shape index (κ1) is 21.0. The van der Waals surface area contributed by atoms with Crippen LogP contribution in [0.15, 0.2) is 42.5 Å². The Labute approximate surface area is 158 Å². The van der Waals surface area contributed by atoms with E-state index in [-0.39, 0.29) is 25.4 Å². The lowest BCUT2D eigenvalue weighted by Crippen LogP contribution is -2.32. The number of amides is 1. The number of nitrogens with one attached hydrogen (secondary N) is 2. The van der Waals surface area contributed by atoms with Gasteiger partial charge in [-0.1, -0.05) is 17.7 Å². The third kappa shape index (κ3) is 6.15. The first-order chi connectivity index (χ1) is 13.2. The average Bonchev–Trinajstić information content (AvgIpc) is 2.64. The summed E-state index contributed by atoms with van der Waals surface area (Å²) in [5, 5.41) is 16.2. The van der Waals surface area contributed by atoms with Crippen LogP contribution in [0.3, 0.4) is 0 Å². The highest BCUT2D eigenvalue weighted by molar-refractivity contribution is 5.77. The minimum atomic E-state index is -4.67. The highest BCUT2D eigenvalue weighted by atomic mass is 19.4. The number of hydrogen-bond acceptors (Lipinski definition) is 5. The van der Waals surface area contributed by atoms with Crippen molar-refractivity contribution in [3.05, 3.63) is 63.7 Å². The number of aryl methyl sites for hydroxylation is 1. The van der Waals surface area contributed by atoms with E-state index < -0.39 is 28.3 Å². The minimum absolute atomic E-state index is 0.0665. The number of hydrogen-bond donors (Lipinski definition) is 2.